The van der Waals surface area contributed by atoms with E-state index in [0.29, 0.717) is 0 Å². The molecule has 2 aliphatic rings. The van der Waals surface area contributed by atoms with Crippen molar-refractivity contribution in [2.45, 2.75) is 77.4 Å². The second kappa shape index (κ2) is 6.19. The van der Waals surface area contributed by atoms with Crippen molar-refractivity contribution in [2.75, 3.05) is 13.1 Å². The van der Waals surface area contributed by atoms with Crippen molar-refractivity contribution in [1.82, 2.24) is 10.2 Å². The molecular weight excluding hydrogens is 208 g/mol. The average molecular weight is 238 g/mol. The van der Waals surface area contributed by atoms with Crippen molar-refractivity contribution in [3.05, 3.63) is 0 Å². The van der Waals surface area contributed by atoms with Crippen LogP contribution in [-0.4, -0.2) is 36.1 Å². The van der Waals surface area contributed by atoms with Crippen LogP contribution in [0, 0.1) is 5.92 Å². The third-order valence-corrected chi connectivity index (χ3v) is 4.57. The second-order valence-corrected chi connectivity index (χ2v) is 6.37. The van der Waals surface area contributed by atoms with E-state index < -0.39 is 0 Å². The first-order chi connectivity index (χ1) is 8.19. The molecule has 1 aliphatic carbocycles. The van der Waals surface area contributed by atoms with E-state index in [-0.39, 0.29) is 0 Å². The molecule has 1 heterocycles. The molecular formula is C15H30N2. The van der Waals surface area contributed by atoms with E-state index in [9.17, 15) is 0 Å². The van der Waals surface area contributed by atoms with Gasteiger partial charge in [-0.15, -0.1) is 0 Å². The van der Waals surface area contributed by atoms with Crippen molar-refractivity contribution in [2.24, 2.45) is 5.92 Å². The quantitative estimate of drug-likeness (QED) is 0.765. The average Bonchev–Trinajstić information content (AvgIpc) is 3.13. The van der Waals surface area contributed by atoms with Crippen LogP contribution in [0.15, 0.2) is 0 Å². The summed E-state index contributed by atoms with van der Waals surface area (Å²) in [5.41, 5.74) is 0. The van der Waals surface area contributed by atoms with E-state index in [1.165, 1.54) is 51.6 Å². The fourth-order valence-electron chi connectivity index (χ4n) is 3.02. The minimum absolute atomic E-state index is 0.772. The fraction of sp³-hybridized carbons (Fsp3) is 1.00. The van der Waals surface area contributed by atoms with Crippen LogP contribution in [0.5, 0.6) is 0 Å². The number of rotatable bonds is 6. The first kappa shape index (κ1) is 13.4. The van der Waals surface area contributed by atoms with Crippen LogP contribution in [-0.2, 0) is 0 Å². The minimum Gasteiger partial charge on any atom is -0.310 e. The van der Waals surface area contributed by atoms with Gasteiger partial charge in [-0.1, -0.05) is 20.3 Å². The van der Waals surface area contributed by atoms with E-state index in [1.54, 1.807) is 0 Å². The highest BCUT2D eigenvalue weighted by Crippen LogP contribution is 2.23. The smallest absolute Gasteiger partial charge is 0.0198 e. The molecule has 3 unspecified atom stereocenters. The van der Waals surface area contributed by atoms with Crippen LogP contribution in [0.1, 0.15) is 59.3 Å². The van der Waals surface area contributed by atoms with Crippen molar-refractivity contribution in [3.8, 4) is 0 Å². The molecule has 0 amide bonds. The summed E-state index contributed by atoms with van der Waals surface area (Å²) >= 11 is 0. The summed E-state index contributed by atoms with van der Waals surface area (Å²) in [6.07, 6.45) is 8.30. The molecule has 1 saturated heterocycles. The number of piperidine rings is 1. The highest BCUT2D eigenvalue weighted by molar-refractivity contribution is 4.89. The molecule has 0 aromatic rings. The first-order valence-electron chi connectivity index (χ1n) is 7.69. The molecule has 17 heavy (non-hydrogen) atoms. The highest BCUT2D eigenvalue weighted by Gasteiger charge is 2.29. The molecule has 2 heteroatoms. The van der Waals surface area contributed by atoms with Gasteiger partial charge in [0.15, 0.2) is 0 Å². The summed E-state index contributed by atoms with van der Waals surface area (Å²) in [6.45, 7) is 9.73. The van der Waals surface area contributed by atoms with Crippen molar-refractivity contribution >= 4 is 0 Å². The maximum atomic E-state index is 3.80. The third-order valence-electron chi connectivity index (χ3n) is 4.57. The summed E-state index contributed by atoms with van der Waals surface area (Å²) in [4.78, 5) is 2.72. The monoisotopic (exact) mass is 238 g/mol. The lowest BCUT2D eigenvalue weighted by atomic mass is 9.96. The van der Waals surface area contributed by atoms with Crippen molar-refractivity contribution in [1.29, 1.82) is 0 Å². The van der Waals surface area contributed by atoms with Crippen molar-refractivity contribution in [3.63, 3.8) is 0 Å². The van der Waals surface area contributed by atoms with Crippen LogP contribution in [0.4, 0.5) is 0 Å². The molecule has 3 atom stereocenters. The SMILES string of the molecule is CCC(C)CC(C)N1CCCC(NC2CC2)C1. The van der Waals surface area contributed by atoms with Crippen LogP contribution >= 0.6 is 0 Å². The number of likely N-dealkylation sites (tertiary alicyclic amines) is 1. The van der Waals surface area contributed by atoms with E-state index in [1.807, 2.05) is 0 Å². The Hall–Kier alpha value is -0.0800. The minimum atomic E-state index is 0.772. The van der Waals surface area contributed by atoms with Gasteiger partial charge in [-0.05, 0) is 51.5 Å². The van der Waals surface area contributed by atoms with Gasteiger partial charge in [-0.3, -0.25) is 4.90 Å². The molecule has 100 valence electrons. The summed E-state index contributed by atoms with van der Waals surface area (Å²) in [7, 11) is 0. The van der Waals surface area contributed by atoms with Gasteiger partial charge in [0.1, 0.15) is 0 Å². The Bertz CT molecular complexity index is 225. The zero-order valence-corrected chi connectivity index (χ0v) is 11.9. The Morgan fingerprint density at radius 1 is 1.18 bits per heavy atom. The maximum absolute atomic E-state index is 3.80. The molecule has 2 nitrogen and oxygen atoms in total. The van der Waals surface area contributed by atoms with Crippen LogP contribution in [0.25, 0.3) is 0 Å². The van der Waals surface area contributed by atoms with Gasteiger partial charge < -0.3 is 5.32 Å². The van der Waals surface area contributed by atoms with Gasteiger partial charge in [0.25, 0.3) is 0 Å². The summed E-state index contributed by atoms with van der Waals surface area (Å²) in [5, 5.41) is 3.80. The highest BCUT2D eigenvalue weighted by atomic mass is 15.2. The molecule has 0 radical (unpaired) electrons. The first-order valence-corrected chi connectivity index (χ1v) is 7.69. The molecule has 0 aromatic heterocycles. The number of nitrogens with one attached hydrogen (secondary N) is 1. The van der Waals surface area contributed by atoms with Crippen LogP contribution in [0.2, 0.25) is 0 Å². The third kappa shape index (κ3) is 4.26. The van der Waals surface area contributed by atoms with Gasteiger partial charge in [0.05, 0.1) is 0 Å². The molecule has 1 saturated carbocycles. The molecule has 2 fully saturated rings. The van der Waals surface area contributed by atoms with Crippen molar-refractivity contribution < 1.29 is 0 Å². The van der Waals surface area contributed by atoms with E-state index in [0.717, 1.165) is 24.0 Å². The maximum Gasteiger partial charge on any atom is 0.0198 e. The van der Waals surface area contributed by atoms with Crippen LogP contribution in [0.3, 0.4) is 0 Å². The molecule has 1 aliphatic heterocycles. The Morgan fingerprint density at radius 2 is 1.94 bits per heavy atom. The molecule has 1 N–H and O–H groups in total. The second-order valence-electron chi connectivity index (χ2n) is 6.37. The Kier molecular flexibility index (Phi) is 4.87. The van der Waals surface area contributed by atoms with Crippen LogP contribution < -0.4 is 5.32 Å². The summed E-state index contributed by atoms with van der Waals surface area (Å²) in [6, 6.07) is 2.41. The lowest BCUT2D eigenvalue weighted by Crippen LogP contribution is -2.49. The lowest BCUT2D eigenvalue weighted by molar-refractivity contribution is 0.129. The fourth-order valence-corrected chi connectivity index (χ4v) is 3.02. The number of hydrogen-bond acceptors (Lipinski definition) is 2. The van der Waals surface area contributed by atoms with E-state index >= 15 is 0 Å². The molecule has 2 rings (SSSR count). The van der Waals surface area contributed by atoms with Gasteiger partial charge in [-0.2, -0.15) is 0 Å². The molecule has 0 spiro atoms. The lowest BCUT2D eigenvalue weighted by Gasteiger charge is -2.38. The predicted molar refractivity (Wildman–Crippen MR) is 74.3 cm³/mol. The zero-order valence-electron chi connectivity index (χ0n) is 11.9. The largest absolute Gasteiger partial charge is 0.310 e. The van der Waals surface area contributed by atoms with Gasteiger partial charge in [-0.25, -0.2) is 0 Å². The van der Waals surface area contributed by atoms with E-state index in [2.05, 4.69) is 31.0 Å². The Balaban J connectivity index is 1.74. The van der Waals surface area contributed by atoms with Gasteiger partial charge in [0.2, 0.25) is 0 Å². The van der Waals surface area contributed by atoms with E-state index in [4.69, 9.17) is 0 Å². The Morgan fingerprint density at radius 3 is 2.59 bits per heavy atom. The number of nitrogens with zero attached hydrogens (tertiary/aromatic N) is 1. The number of hydrogen-bond donors (Lipinski definition) is 1. The topological polar surface area (TPSA) is 15.3 Å². The Labute approximate surface area is 107 Å². The zero-order chi connectivity index (χ0) is 12.3. The summed E-state index contributed by atoms with van der Waals surface area (Å²) in [5.74, 6) is 0.877. The normalized spacial score (nSPS) is 30.2. The molecule has 0 bridgehead atoms. The van der Waals surface area contributed by atoms with Gasteiger partial charge in [0, 0.05) is 24.7 Å². The standard InChI is InChI=1S/C15H30N2/c1-4-12(2)10-13(3)17-9-5-6-15(11-17)16-14-7-8-14/h12-16H,4-11H2,1-3H3. The molecule has 0 aromatic carbocycles. The van der Waals surface area contributed by atoms with Gasteiger partial charge >= 0.3 is 0 Å². The summed E-state index contributed by atoms with van der Waals surface area (Å²) < 4.78 is 0. The predicted octanol–water partition coefficient (Wildman–Crippen LogP) is 3.03.